The van der Waals surface area contributed by atoms with Crippen molar-refractivity contribution in [1.29, 1.82) is 0 Å². The molecule has 44 heavy (non-hydrogen) atoms. The Morgan fingerprint density at radius 2 is 1.73 bits per heavy atom. The molecule has 0 spiro atoms. The Balaban J connectivity index is 1.02. The second kappa shape index (κ2) is 12.7. The van der Waals surface area contributed by atoms with Crippen molar-refractivity contribution >= 4 is 33.0 Å². The summed E-state index contributed by atoms with van der Waals surface area (Å²) in [4.78, 5) is 23.2. The standard InChI is InChI=1S/C35H36N6O2S/c1-43-33(42)30-12-11-29(23-31(30)27-13-16-36-17-14-27)26-7-9-28(10-8-26)32-24-41-34(37-32)44-35(38-41)40-21-19-39(20-22-40)18-15-25-5-3-2-4-6-25/h2-13,23-24,36H,14-22H2,1H3. The van der Waals surface area contributed by atoms with Gasteiger partial charge in [-0.3, -0.25) is 4.90 Å². The third-order valence-corrected chi connectivity index (χ3v) is 9.57. The minimum atomic E-state index is -0.307. The van der Waals surface area contributed by atoms with Gasteiger partial charge in [0.25, 0.3) is 0 Å². The number of aromatic nitrogens is 3. The molecule has 0 unspecified atom stereocenters. The summed E-state index contributed by atoms with van der Waals surface area (Å²) in [5.41, 5.74) is 8.25. The molecule has 0 atom stereocenters. The lowest BCUT2D eigenvalue weighted by molar-refractivity contribution is 0.0600. The van der Waals surface area contributed by atoms with Gasteiger partial charge < -0.3 is 15.0 Å². The summed E-state index contributed by atoms with van der Waals surface area (Å²) in [5.74, 6) is -0.307. The number of fused-ring (bicyclic) bond motifs is 1. The van der Waals surface area contributed by atoms with E-state index < -0.39 is 0 Å². The summed E-state index contributed by atoms with van der Waals surface area (Å²) in [5, 5.41) is 9.26. The van der Waals surface area contributed by atoms with E-state index >= 15 is 0 Å². The highest BCUT2D eigenvalue weighted by atomic mass is 32.1. The first-order valence-corrected chi connectivity index (χ1v) is 16.1. The van der Waals surface area contributed by atoms with Crippen molar-refractivity contribution in [2.45, 2.75) is 12.8 Å². The van der Waals surface area contributed by atoms with Gasteiger partial charge in [0.2, 0.25) is 10.1 Å². The van der Waals surface area contributed by atoms with Crippen LogP contribution in [0.5, 0.6) is 0 Å². The van der Waals surface area contributed by atoms with Gasteiger partial charge in [-0.15, -0.1) is 5.10 Å². The van der Waals surface area contributed by atoms with Crippen LogP contribution in [0.3, 0.4) is 0 Å². The van der Waals surface area contributed by atoms with E-state index in [1.807, 2.05) is 22.8 Å². The van der Waals surface area contributed by atoms with E-state index in [4.69, 9.17) is 14.8 Å². The van der Waals surface area contributed by atoms with E-state index in [-0.39, 0.29) is 5.97 Å². The number of ether oxygens (including phenoxy) is 1. The maximum absolute atomic E-state index is 12.5. The fraction of sp³-hybridized carbons (Fsp3) is 0.286. The largest absolute Gasteiger partial charge is 0.465 e. The van der Waals surface area contributed by atoms with E-state index in [0.717, 1.165) is 96.7 Å². The molecule has 4 heterocycles. The Kier molecular flexibility index (Phi) is 8.24. The highest BCUT2D eigenvalue weighted by Crippen LogP contribution is 2.32. The number of benzene rings is 3. The number of carbonyl (C=O) groups excluding carboxylic acids is 1. The number of rotatable bonds is 8. The van der Waals surface area contributed by atoms with Crippen LogP contribution < -0.4 is 10.2 Å². The zero-order valence-corrected chi connectivity index (χ0v) is 25.7. The minimum absolute atomic E-state index is 0.307. The topological polar surface area (TPSA) is 75.0 Å². The van der Waals surface area contributed by atoms with Crippen molar-refractivity contribution in [3.05, 3.63) is 102 Å². The Morgan fingerprint density at radius 3 is 2.45 bits per heavy atom. The molecule has 9 heteroatoms. The molecule has 1 saturated heterocycles. The van der Waals surface area contributed by atoms with Gasteiger partial charge in [0.05, 0.1) is 24.6 Å². The summed E-state index contributed by atoms with van der Waals surface area (Å²) >= 11 is 1.65. The van der Waals surface area contributed by atoms with E-state index in [0.29, 0.717) is 5.56 Å². The third-order valence-electron chi connectivity index (χ3n) is 8.58. The van der Waals surface area contributed by atoms with Gasteiger partial charge in [-0.05, 0) is 59.3 Å². The molecule has 2 aliphatic heterocycles. The van der Waals surface area contributed by atoms with Crippen molar-refractivity contribution in [2.75, 3.05) is 57.8 Å². The lowest BCUT2D eigenvalue weighted by Gasteiger charge is -2.34. The smallest absolute Gasteiger partial charge is 0.338 e. The molecule has 5 aromatic rings. The molecule has 0 bridgehead atoms. The number of imidazole rings is 1. The molecule has 1 fully saturated rings. The summed E-state index contributed by atoms with van der Waals surface area (Å²) in [6.45, 7) is 6.86. The number of hydrogen-bond donors (Lipinski definition) is 1. The Hall–Kier alpha value is -4.31. The highest BCUT2D eigenvalue weighted by molar-refractivity contribution is 7.20. The zero-order chi connectivity index (χ0) is 29.9. The van der Waals surface area contributed by atoms with Gasteiger partial charge in [-0.2, -0.15) is 0 Å². The molecule has 2 aliphatic rings. The predicted molar refractivity (Wildman–Crippen MR) is 177 cm³/mol. The molecule has 0 amide bonds. The fourth-order valence-corrected chi connectivity index (χ4v) is 6.96. The number of methoxy groups -OCH3 is 1. The predicted octanol–water partition coefficient (Wildman–Crippen LogP) is 5.65. The quantitative estimate of drug-likeness (QED) is 0.229. The van der Waals surface area contributed by atoms with Gasteiger partial charge in [-0.1, -0.05) is 78.1 Å². The first-order valence-electron chi connectivity index (χ1n) is 15.3. The third kappa shape index (κ3) is 6.04. The molecule has 224 valence electrons. The van der Waals surface area contributed by atoms with Gasteiger partial charge >= 0.3 is 5.97 Å². The summed E-state index contributed by atoms with van der Waals surface area (Å²) < 4.78 is 6.98. The number of nitrogens with zero attached hydrogens (tertiary/aromatic N) is 5. The maximum atomic E-state index is 12.5. The van der Waals surface area contributed by atoms with Crippen LogP contribution in [-0.4, -0.2) is 78.4 Å². The number of carbonyl (C=O) groups is 1. The normalized spacial score (nSPS) is 15.8. The lowest BCUT2D eigenvalue weighted by Crippen LogP contribution is -2.47. The molecule has 0 saturated carbocycles. The molecule has 0 radical (unpaired) electrons. The van der Waals surface area contributed by atoms with Gasteiger partial charge in [-0.25, -0.2) is 14.3 Å². The van der Waals surface area contributed by atoms with Crippen molar-refractivity contribution in [3.8, 4) is 22.4 Å². The van der Waals surface area contributed by atoms with Crippen LogP contribution in [0.1, 0.15) is 27.9 Å². The second-order valence-electron chi connectivity index (χ2n) is 11.3. The molecule has 3 aromatic carbocycles. The van der Waals surface area contributed by atoms with Crippen LogP contribution >= 0.6 is 11.3 Å². The molecule has 8 nitrogen and oxygen atoms in total. The number of piperazine rings is 1. The molecule has 2 aromatic heterocycles. The van der Waals surface area contributed by atoms with Gasteiger partial charge in [0.15, 0.2) is 0 Å². The minimum Gasteiger partial charge on any atom is -0.465 e. The number of esters is 1. The van der Waals surface area contributed by atoms with Crippen molar-refractivity contribution in [1.82, 2.24) is 24.8 Å². The fourth-order valence-electron chi connectivity index (χ4n) is 6.03. The van der Waals surface area contributed by atoms with Crippen molar-refractivity contribution in [2.24, 2.45) is 0 Å². The monoisotopic (exact) mass is 604 g/mol. The van der Waals surface area contributed by atoms with Crippen LogP contribution in [0, 0.1) is 0 Å². The average Bonchev–Trinajstić information content (AvgIpc) is 3.68. The lowest BCUT2D eigenvalue weighted by atomic mass is 9.91. The Morgan fingerprint density at radius 1 is 0.955 bits per heavy atom. The van der Waals surface area contributed by atoms with E-state index in [2.05, 4.69) is 81.9 Å². The highest BCUT2D eigenvalue weighted by Gasteiger charge is 2.21. The maximum Gasteiger partial charge on any atom is 0.338 e. The van der Waals surface area contributed by atoms with E-state index in [1.54, 1.807) is 11.3 Å². The molecule has 7 rings (SSSR count). The molecule has 1 N–H and O–H groups in total. The van der Waals surface area contributed by atoms with Gasteiger partial charge in [0.1, 0.15) is 0 Å². The molecular formula is C35H36N6O2S. The first kappa shape index (κ1) is 28.5. The van der Waals surface area contributed by atoms with Crippen LogP contribution in [0.25, 0.3) is 32.9 Å². The van der Waals surface area contributed by atoms with Crippen molar-refractivity contribution in [3.63, 3.8) is 0 Å². The molecular weight excluding hydrogens is 568 g/mol. The van der Waals surface area contributed by atoms with Crippen LogP contribution in [0.4, 0.5) is 5.13 Å². The Labute approximate surface area is 261 Å². The first-order chi connectivity index (χ1) is 21.6. The summed E-state index contributed by atoms with van der Waals surface area (Å²) in [6, 6.07) is 25.2. The van der Waals surface area contributed by atoms with Crippen molar-refractivity contribution < 1.29 is 9.53 Å². The molecule has 0 aliphatic carbocycles. The zero-order valence-electron chi connectivity index (χ0n) is 24.9. The number of hydrogen-bond acceptors (Lipinski definition) is 8. The summed E-state index contributed by atoms with van der Waals surface area (Å²) in [6.07, 6.45) is 6.15. The number of nitrogens with one attached hydrogen (secondary N) is 1. The average molecular weight is 605 g/mol. The summed E-state index contributed by atoms with van der Waals surface area (Å²) in [7, 11) is 1.43. The number of anilines is 1. The van der Waals surface area contributed by atoms with E-state index in [9.17, 15) is 4.79 Å². The van der Waals surface area contributed by atoms with E-state index in [1.165, 1.54) is 18.2 Å². The Bertz CT molecular complexity index is 1750. The second-order valence-corrected chi connectivity index (χ2v) is 12.2. The van der Waals surface area contributed by atoms with Crippen LogP contribution in [0.2, 0.25) is 0 Å². The SMILES string of the molecule is COC(=O)c1ccc(-c2ccc(-c3cn4nc(N5CCN(CCc6ccccc6)CC5)sc4n3)cc2)cc1C1=CCNCC1. The van der Waals surface area contributed by atoms with Gasteiger partial charge in [0, 0.05) is 44.8 Å². The van der Waals surface area contributed by atoms with Crippen LogP contribution in [-0.2, 0) is 11.2 Å². The van der Waals surface area contributed by atoms with Crippen LogP contribution in [0.15, 0.2) is 85.1 Å².